The Balaban J connectivity index is 2.88. The average Bonchev–Trinajstić information content (AvgIpc) is 2.24. The normalized spacial score (nSPS) is 15.2. The largest absolute Gasteiger partial charge is 0.491 e. The fourth-order valence-electron chi connectivity index (χ4n) is 2.08. The number of ether oxygens (including phenoxy) is 1. The Morgan fingerprint density at radius 2 is 1.90 bits per heavy atom. The van der Waals surface area contributed by atoms with E-state index in [1.807, 2.05) is 13.8 Å². The molecule has 2 N–H and O–H groups in total. The van der Waals surface area contributed by atoms with Crippen LogP contribution in [-0.2, 0) is 6.18 Å². The molecule has 0 radical (unpaired) electrons. The minimum Gasteiger partial charge on any atom is -0.491 e. The van der Waals surface area contributed by atoms with Crippen LogP contribution in [0.1, 0.15) is 32.8 Å². The molecule has 0 fully saturated rings. The number of hydrogen-bond donors (Lipinski definition) is 1. The smallest absolute Gasteiger partial charge is 0.420 e. The lowest BCUT2D eigenvalue weighted by Gasteiger charge is -2.27. The van der Waals surface area contributed by atoms with E-state index < -0.39 is 17.3 Å². The van der Waals surface area contributed by atoms with Gasteiger partial charge in [-0.15, -0.1) is 0 Å². The van der Waals surface area contributed by atoms with Crippen molar-refractivity contribution in [2.24, 2.45) is 11.7 Å². The van der Waals surface area contributed by atoms with Crippen molar-refractivity contribution in [3.05, 3.63) is 28.2 Å². The molecule has 1 rings (SSSR count). The number of hydrogen-bond acceptors (Lipinski definition) is 2. The van der Waals surface area contributed by atoms with E-state index in [0.717, 1.165) is 6.07 Å². The SMILES string of the molecule is CC(C)CC(C)(N)COc1ccc(Br)cc1C(F)(F)F. The van der Waals surface area contributed by atoms with E-state index in [-0.39, 0.29) is 12.4 Å². The third kappa shape index (κ3) is 5.32. The van der Waals surface area contributed by atoms with Crippen LogP contribution in [0.2, 0.25) is 0 Å². The Hall–Kier alpha value is -0.750. The van der Waals surface area contributed by atoms with E-state index in [9.17, 15) is 13.2 Å². The van der Waals surface area contributed by atoms with Gasteiger partial charge in [0.15, 0.2) is 0 Å². The van der Waals surface area contributed by atoms with Crippen molar-refractivity contribution in [1.82, 2.24) is 0 Å². The van der Waals surface area contributed by atoms with Crippen LogP contribution < -0.4 is 10.5 Å². The van der Waals surface area contributed by atoms with Gasteiger partial charge in [0, 0.05) is 10.0 Å². The topological polar surface area (TPSA) is 35.2 Å². The molecule has 6 heteroatoms. The van der Waals surface area contributed by atoms with Gasteiger partial charge in [-0.1, -0.05) is 29.8 Å². The van der Waals surface area contributed by atoms with Crippen molar-refractivity contribution in [2.45, 2.75) is 38.9 Å². The van der Waals surface area contributed by atoms with Crippen molar-refractivity contribution < 1.29 is 17.9 Å². The summed E-state index contributed by atoms with van der Waals surface area (Å²) in [4.78, 5) is 0. The van der Waals surface area contributed by atoms with Gasteiger partial charge in [0.1, 0.15) is 12.4 Å². The Morgan fingerprint density at radius 1 is 1.30 bits per heavy atom. The minimum atomic E-state index is -4.46. The zero-order valence-corrected chi connectivity index (χ0v) is 13.3. The maximum atomic E-state index is 12.9. The maximum absolute atomic E-state index is 12.9. The molecule has 1 aromatic rings. The zero-order chi connectivity index (χ0) is 15.6. The molecule has 0 aliphatic carbocycles. The van der Waals surface area contributed by atoms with Crippen LogP contribution in [0.15, 0.2) is 22.7 Å². The van der Waals surface area contributed by atoms with E-state index in [4.69, 9.17) is 10.5 Å². The second-order valence-corrected chi connectivity index (χ2v) is 6.59. The predicted molar refractivity (Wildman–Crippen MR) is 76.7 cm³/mol. The lowest BCUT2D eigenvalue weighted by atomic mass is 9.93. The third-order valence-electron chi connectivity index (χ3n) is 2.68. The van der Waals surface area contributed by atoms with E-state index >= 15 is 0 Å². The third-order valence-corrected chi connectivity index (χ3v) is 3.17. The Morgan fingerprint density at radius 3 is 2.40 bits per heavy atom. The highest BCUT2D eigenvalue weighted by molar-refractivity contribution is 9.10. The first-order chi connectivity index (χ1) is 9.01. The summed E-state index contributed by atoms with van der Waals surface area (Å²) in [5.41, 5.74) is 4.58. The zero-order valence-electron chi connectivity index (χ0n) is 11.7. The van der Waals surface area contributed by atoms with Crippen LogP contribution >= 0.6 is 15.9 Å². The van der Waals surface area contributed by atoms with Gasteiger partial charge < -0.3 is 10.5 Å². The molecule has 0 heterocycles. The first kappa shape index (κ1) is 17.3. The van der Waals surface area contributed by atoms with Gasteiger partial charge >= 0.3 is 6.18 Å². The summed E-state index contributed by atoms with van der Waals surface area (Å²) in [6, 6.07) is 3.82. The van der Waals surface area contributed by atoms with Gasteiger partial charge in [0.2, 0.25) is 0 Å². The van der Waals surface area contributed by atoms with Crippen LogP contribution in [0.3, 0.4) is 0 Å². The number of halogens is 4. The van der Waals surface area contributed by atoms with Gasteiger partial charge in [-0.2, -0.15) is 13.2 Å². The first-order valence-corrected chi connectivity index (χ1v) is 7.09. The van der Waals surface area contributed by atoms with Crippen LogP contribution in [-0.4, -0.2) is 12.1 Å². The number of benzene rings is 1. The van der Waals surface area contributed by atoms with E-state index in [1.54, 1.807) is 6.92 Å². The van der Waals surface area contributed by atoms with Crippen molar-refractivity contribution in [2.75, 3.05) is 6.61 Å². The summed E-state index contributed by atoms with van der Waals surface area (Å²) < 4.78 is 44.5. The monoisotopic (exact) mass is 353 g/mol. The highest BCUT2D eigenvalue weighted by Crippen LogP contribution is 2.38. The summed E-state index contributed by atoms with van der Waals surface area (Å²) in [6.07, 6.45) is -3.78. The molecule has 0 aromatic heterocycles. The van der Waals surface area contributed by atoms with E-state index in [0.29, 0.717) is 16.8 Å². The quantitative estimate of drug-likeness (QED) is 0.838. The molecule has 0 saturated carbocycles. The average molecular weight is 354 g/mol. The molecule has 0 saturated heterocycles. The number of nitrogens with two attached hydrogens (primary N) is 1. The second kappa shape index (κ2) is 6.35. The standard InChI is InChI=1S/C14H19BrF3NO/c1-9(2)7-13(3,19)8-20-12-5-4-10(15)6-11(12)14(16,17)18/h4-6,9H,7-8,19H2,1-3H3. The lowest BCUT2D eigenvalue weighted by molar-refractivity contribution is -0.139. The Bertz CT molecular complexity index is 458. The molecule has 0 aliphatic heterocycles. The highest BCUT2D eigenvalue weighted by Gasteiger charge is 2.35. The van der Waals surface area contributed by atoms with Crippen LogP contribution in [0.5, 0.6) is 5.75 Å². The van der Waals surface area contributed by atoms with E-state index in [1.165, 1.54) is 12.1 Å². The maximum Gasteiger partial charge on any atom is 0.420 e. The lowest BCUT2D eigenvalue weighted by Crippen LogP contribution is -2.43. The Kier molecular flexibility index (Phi) is 5.49. The molecule has 20 heavy (non-hydrogen) atoms. The van der Waals surface area contributed by atoms with Gasteiger partial charge in [0.25, 0.3) is 0 Å². The molecule has 1 atom stereocenters. The molecule has 1 unspecified atom stereocenters. The van der Waals surface area contributed by atoms with Crippen LogP contribution in [0.4, 0.5) is 13.2 Å². The van der Waals surface area contributed by atoms with Crippen LogP contribution in [0, 0.1) is 5.92 Å². The molecule has 0 aliphatic rings. The second-order valence-electron chi connectivity index (χ2n) is 5.68. The summed E-state index contributed by atoms with van der Waals surface area (Å²) in [5.74, 6) is 0.154. The minimum absolute atomic E-state index is 0.0376. The fraction of sp³-hybridized carbons (Fsp3) is 0.571. The molecule has 114 valence electrons. The molecule has 2 nitrogen and oxygen atoms in total. The molecule has 0 amide bonds. The van der Waals surface area contributed by atoms with Crippen molar-refractivity contribution >= 4 is 15.9 Å². The highest BCUT2D eigenvalue weighted by atomic mass is 79.9. The van der Waals surface area contributed by atoms with Crippen molar-refractivity contribution in [3.8, 4) is 5.75 Å². The summed E-state index contributed by atoms with van der Waals surface area (Å²) in [6.45, 7) is 5.83. The van der Waals surface area contributed by atoms with Gasteiger partial charge in [0.05, 0.1) is 5.56 Å². The number of alkyl halides is 3. The van der Waals surface area contributed by atoms with Gasteiger partial charge in [-0.05, 0) is 37.5 Å². The summed E-state index contributed by atoms with van der Waals surface area (Å²) in [7, 11) is 0. The fourth-order valence-corrected chi connectivity index (χ4v) is 2.44. The molecular formula is C14H19BrF3NO. The number of rotatable bonds is 5. The molecule has 0 bridgehead atoms. The van der Waals surface area contributed by atoms with Gasteiger partial charge in [-0.25, -0.2) is 0 Å². The van der Waals surface area contributed by atoms with Crippen molar-refractivity contribution in [3.63, 3.8) is 0 Å². The molecule has 1 aromatic carbocycles. The summed E-state index contributed by atoms with van der Waals surface area (Å²) >= 11 is 3.03. The molecule has 0 spiro atoms. The van der Waals surface area contributed by atoms with Crippen LogP contribution in [0.25, 0.3) is 0 Å². The van der Waals surface area contributed by atoms with Crippen molar-refractivity contribution in [1.29, 1.82) is 0 Å². The van der Waals surface area contributed by atoms with Gasteiger partial charge in [-0.3, -0.25) is 0 Å². The Labute approximate surface area is 125 Å². The van der Waals surface area contributed by atoms with E-state index in [2.05, 4.69) is 15.9 Å². The molecular weight excluding hydrogens is 335 g/mol. The predicted octanol–water partition coefficient (Wildman–Crippen LogP) is 4.61. The first-order valence-electron chi connectivity index (χ1n) is 6.30. The summed E-state index contributed by atoms with van der Waals surface area (Å²) in [5, 5.41) is 0.